The van der Waals surface area contributed by atoms with Crippen LogP contribution < -0.4 is 5.73 Å². The summed E-state index contributed by atoms with van der Waals surface area (Å²) in [5.74, 6) is -1.53. The minimum absolute atomic E-state index is 0.00234. The van der Waals surface area contributed by atoms with Gasteiger partial charge in [0.1, 0.15) is 13.2 Å². The van der Waals surface area contributed by atoms with Crippen LogP contribution in [0.3, 0.4) is 0 Å². The minimum Gasteiger partial charge on any atom is -0.461 e. The SMILES string of the molecule is NC(O)(CCC(=O)OCc1ccccc1)C(=O)OCc1ccccc1. The number of benzene rings is 2. The first kappa shape index (κ1) is 18.6. The van der Waals surface area contributed by atoms with Crippen LogP contribution in [0, 0.1) is 0 Å². The molecule has 6 nitrogen and oxygen atoms in total. The number of hydrogen-bond donors (Lipinski definition) is 2. The average molecular weight is 343 g/mol. The lowest BCUT2D eigenvalue weighted by atomic mass is 10.1. The Morgan fingerprint density at radius 2 is 1.36 bits per heavy atom. The normalized spacial score (nSPS) is 12.9. The van der Waals surface area contributed by atoms with Gasteiger partial charge in [0.15, 0.2) is 0 Å². The van der Waals surface area contributed by atoms with Crippen LogP contribution in [0.25, 0.3) is 0 Å². The van der Waals surface area contributed by atoms with E-state index in [1.807, 2.05) is 36.4 Å². The Kier molecular flexibility index (Phi) is 6.68. The zero-order chi connectivity index (χ0) is 18.1. The molecule has 0 aliphatic rings. The molecule has 0 bridgehead atoms. The van der Waals surface area contributed by atoms with Crippen molar-refractivity contribution in [3.8, 4) is 0 Å². The van der Waals surface area contributed by atoms with Crippen LogP contribution >= 0.6 is 0 Å². The monoisotopic (exact) mass is 343 g/mol. The van der Waals surface area contributed by atoms with E-state index >= 15 is 0 Å². The van der Waals surface area contributed by atoms with Gasteiger partial charge in [-0.3, -0.25) is 10.5 Å². The molecule has 2 rings (SSSR count). The van der Waals surface area contributed by atoms with Gasteiger partial charge < -0.3 is 14.6 Å². The van der Waals surface area contributed by atoms with E-state index in [0.717, 1.165) is 11.1 Å². The highest BCUT2D eigenvalue weighted by molar-refractivity contribution is 5.79. The first-order chi connectivity index (χ1) is 12.0. The molecule has 0 amide bonds. The molecular formula is C19H21NO5. The first-order valence-electron chi connectivity index (χ1n) is 7.89. The second-order valence-corrected chi connectivity index (χ2v) is 5.63. The van der Waals surface area contributed by atoms with Crippen molar-refractivity contribution >= 4 is 11.9 Å². The third-order valence-corrected chi connectivity index (χ3v) is 3.52. The van der Waals surface area contributed by atoms with Crippen LogP contribution in [0.2, 0.25) is 0 Å². The van der Waals surface area contributed by atoms with Gasteiger partial charge in [0, 0.05) is 6.42 Å². The predicted octanol–water partition coefficient (Wildman–Crippen LogP) is 1.90. The lowest BCUT2D eigenvalue weighted by Crippen LogP contribution is -2.49. The summed E-state index contributed by atoms with van der Waals surface area (Å²) in [6, 6.07) is 18.2. The molecule has 132 valence electrons. The Hall–Kier alpha value is -2.70. The number of aliphatic hydroxyl groups is 1. The van der Waals surface area contributed by atoms with E-state index in [-0.39, 0.29) is 26.1 Å². The Bertz CT molecular complexity index is 685. The second kappa shape index (κ2) is 8.96. The van der Waals surface area contributed by atoms with Gasteiger partial charge in [0.2, 0.25) is 5.72 Å². The molecule has 1 unspecified atom stereocenters. The maximum absolute atomic E-state index is 11.9. The number of ether oxygens (including phenoxy) is 2. The van der Waals surface area contributed by atoms with Crippen LogP contribution in [-0.4, -0.2) is 22.8 Å². The van der Waals surface area contributed by atoms with Crippen molar-refractivity contribution in [3.05, 3.63) is 71.8 Å². The number of nitrogens with two attached hydrogens (primary N) is 1. The van der Waals surface area contributed by atoms with Crippen LogP contribution in [0.5, 0.6) is 0 Å². The summed E-state index contributed by atoms with van der Waals surface area (Å²) in [7, 11) is 0. The van der Waals surface area contributed by atoms with E-state index in [2.05, 4.69) is 0 Å². The highest BCUT2D eigenvalue weighted by Crippen LogP contribution is 2.12. The fourth-order valence-electron chi connectivity index (χ4n) is 2.05. The van der Waals surface area contributed by atoms with Crippen LogP contribution in [-0.2, 0) is 32.3 Å². The van der Waals surface area contributed by atoms with Crippen molar-refractivity contribution in [1.82, 2.24) is 0 Å². The second-order valence-electron chi connectivity index (χ2n) is 5.63. The molecule has 0 aliphatic heterocycles. The third-order valence-electron chi connectivity index (χ3n) is 3.52. The molecule has 6 heteroatoms. The van der Waals surface area contributed by atoms with Gasteiger partial charge in [0.25, 0.3) is 0 Å². The summed E-state index contributed by atoms with van der Waals surface area (Å²) < 4.78 is 10.1. The highest BCUT2D eigenvalue weighted by atomic mass is 16.6. The predicted molar refractivity (Wildman–Crippen MR) is 90.8 cm³/mol. The van der Waals surface area contributed by atoms with Gasteiger partial charge in [-0.05, 0) is 11.1 Å². The molecule has 0 heterocycles. The Morgan fingerprint density at radius 3 is 1.88 bits per heavy atom. The van der Waals surface area contributed by atoms with Gasteiger partial charge in [-0.25, -0.2) is 4.79 Å². The topological polar surface area (TPSA) is 98.9 Å². The van der Waals surface area contributed by atoms with Crippen LogP contribution in [0.1, 0.15) is 24.0 Å². The lowest BCUT2D eigenvalue weighted by molar-refractivity contribution is -0.168. The smallest absolute Gasteiger partial charge is 0.353 e. The van der Waals surface area contributed by atoms with Gasteiger partial charge in [-0.1, -0.05) is 60.7 Å². The quantitative estimate of drug-likeness (QED) is 0.561. The zero-order valence-electron chi connectivity index (χ0n) is 13.8. The van der Waals surface area contributed by atoms with Crippen molar-refractivity contribution in [2.24, 2.45) is 5.73 Å². The molecule has 0 fully saturated rings. The third kappa shape index (κ3) is 6.37. The van der Waals surface area contributed by atoms with Crippen LogP contribution in [0.4, 0.5) is 0 Å². The number of carbonyl (C=O) groups excluding carboxylic acids is 2. The summed E-state index contributed by atoms with van der Waals surface area (Å²) in [6.07, 6.45) is -0.478. The van der Waals surface area contributed by atoms with E-state index in [4.69, 9.17) is 15.2 Å². The summed E-state index contributed by atoms with van der Waals surface area (Å²) in [5, 5.41) is 9.99. The van der Waals surface area contributed by atoms with Crippen molar-refractivity contribution in [2.75, 3.05) is 0 Å². The first-order valence-corrected chi connectivity index (χ1v) is 7.89. The summed E-state index contributed by atoms with van der Waals surface area (Å²) in [5.41, 5.74) is 4.94. The van der Waals surface area contributed by atoms with E-state index in [1.54, 1.807) is 24.3 Å². The summed E-state index contributed by atoms with van der Waals surface area (Å²) in [4.78, 5) is 23.6. The molecule has 0 saturated carbocycles. The van der Waals surface area contributed by atoms with Gasteiger partial charge >= 0.3 is 11.9 Å². The molecule has 25 heavy (non-hydrogen) atoms. The van der Waals surface area contributed by atoms with Crippen LogP contribution in [0.15, 0.2) is 60.7 Å². The van der Waals surface area contributed by atoms with Gasteiger partial charge in [0.05, 0.1) is 6.42 Å². The van der Waals surface area contributed by atoms with E-state index in [9.17, 15) is 14.7 Å². The molecular weight excluding hydrogens is 322 g/mol. The Balaban J connectivity index is 1.73. The van der Waals surface area contributed by atoms with E-state index in [0.29, 0.717) is 0 Å². The maximum Gasteiger partial charge on any atom is 0.353 e. The molecule has 3 N–H and O–H groups in total. The minimum atomic E-state index is -2.24. The largest absolute Gasteiger partial charge is 0.461 e. The molecule has 0 aliphatic carbocycles. The average Bonchev–Trinajstić information content (AvgIpc) is 2.64. The molecule has 0 radical (unpaired) electrons. The maximum atomic E-state index is 11.9. The molecule has 0 spiro atoms. The van der Waals surface area contributed by atoms with Crippen molar-refractivity contribution in [2.45, 2.75) is 31.8 Å². The fraction of sp³-hybridized carbons (Fsp3) is 0.263. The fourth-order valence-corrected chi connectivity index (χ4v) is 2.05. The molecule has 2 aromatic rings. The van der Waals surface area contributed by atoms with E-state index in [1.165, 1.54) is 0 Å². The van der Waals surface area contributed by atoms with Crippen molar-refractivity contribution < 1.29 is 24.2 Å². The summed E-state index contributed by atoms with van der Waals surface area (Å²) >= 11 is 0. The number of carbonyl (C=O) groups is 2. The molecule has 0 saturated heterocycles. The summed E-state index contributed by atoms with van der Waals surface area (Å²) in [6.45, 7) is 0.124. The Labute approximate surface area is 146 Å². The van der Waals surface area contributed by atoms with Crippen molar-refractivity contribution in [1.29, 1.82) is 0 Å². The van der Waals surface area contributed by atoms with Crippen molar-refractivity contribution in [3.63, 3.8) is 0 Å². The van der Waals surface area contributed by atoms with Gasteiger partial charge in [-0.15, -0.1) is 0 Å². The van der Waals surface area contributed by atoms with E-state index < -0.39 is 17.7 Å². The molecule has 2 aromatic carbocycles. The highest BCUT2D eigenvalue weighted by Gasteiger charge is 2.33. The standard InChI is InChI=1S/C19H21NO5/c20-19(23,18(22)25-14-16-9-5-2-6-10-16)12-11-17(21)24-13-15-7-3-1-4-8-15/h1-10,23H,11-14,20H2. The number of hydrogen-bond acceptors (Lipinski definition) is 6. The lowest BCUT2D eigenvalue weighted by Gasteiger charge is -2.20. The zero-order valence-corrected chi connectivity index (χ0v) is 13.8. The molecule has 0 aromatic heterocycles. The van der Waals surface area contributed by atoms with Gasteiger partial charge in [-0.2, -0.15) is 0 Å². The number of rotatable bonds is 8. The molecule has 1 atom stereocenters. The number of esters is 2. The Morgan fingerprint density at radius 1 is 0.880 bits per heavy atom.